The molecule has 2 rings (SSSR count). The van der Waals surface area contributed by atoms with Gasteiger partial charge in [-0.2, -0.15) is 0 Å². The predicted molar refractivity (Wildman–Crippen MR) is 167 cm³/mol. The van der Waals surface area contributed by atoms with Gasteiger partial charge in [0.05, 0.1) is 0 Å². The van der Waals surface area contributed by atoms with Crippen LogP contribution in [0.15, 0.2) is 110 Å². The molecule has 0 saturated heterocycles. The topological polar surface area (TPSA) is 97.4 Å². The highest BCUT2D eigenvalue weighted by atomic mass is 16.6. The van der Waals surface area contributed by atoms with Crippen LogP contribution in [-0.4, -0.2) is 50.9 Å². The minimum absolute atomic E-state index is 0.0387. The fraction of sp³-hybridized carbons (Fsp3) is 0.229. The molecule has 0 bridgehead atoms. The van der Waals surface area contributed by atoms with E-state index in [2.05, 4.69) is 26.3 Å². The van der Waals surface area contributed by atoms with Crippen molar-refractivity contribution in [1.29, 1.82) is 0 Å². The predicted octanol–water partition coefficient (Wildman–Crippen LogP) is 6.46. The molecule has 0 atom stereocenters. The smallest absolute Gasteiger partial charge is 0.333 e. The SMILES string of the molecule is C=C/C(=C\C(=C/COC(=O)C(=C)C)c1ccc(OCCOC(=O)C(=C)C)cc1)c1ccc(OCCOC(=O)C(=C)C)cc1. The van der Waals surface area contributed by atoms with Gasteiger partial charge in [0.15, 0.2) is 0 Å². The molecule has 8 nitrogen and oxygen atoms in total. The van der Waals surface area contributed by atoms with Crippen molar-refractivity contribution in [3.8, 4) is 11.5 Å². The molecular weight excluding hydrogens is 548 g/mol. The Bertz CT molecular complexity index is 1390. The van der Waals surface area contributed by atoms with Crippen LogP contribution in [0, 0.1) is 0 Å². The van der Waals surface area contributed by atoms with Gasteiger partial charge in [-0.05, 0) is 79.5 Å². The van der Waals surface area contributed by atoms with Crippen LogP contribution in [0.2, 0.25) is 0 Å². The maximum atomic E-state index is 11.9. The number of benzene rings is 2. The van der Waals surface area contributed by atoms with Crippen molar-refractivity contribution >= 4 is 29.1 Å². The van der Waals surface area contributed by atoms with E-state index < -0.39 is 17.9 Å². The van der Waals surface area contributed by atoms with Gasteiger partial charge >= 0.3 is 17.9 Å². The summed E-state index contributed by atoms with van der Waals surface area (Å²) in [5.74, 6) is -0.187. The molecule has 0 amide bonds. The zero-order valence-electron chi connectivity index (χ0n) is 25.0. The van der Waals surface area contributed by atoms with Gasteiger partial charge in [0, 0.05) is 16.7 Å². The van der Waals surface area contributed by atoms with Crippen molar-refractivity contribution in [2.24, 2.45) is 0 Å². The van der Waals surface area contributed by atoms with Crippen molar-refractivity contribution < 1.29 is 38.1 Å². The highest BCUT2D eigenvalue weighted by Crippen LogP contribution is 2.26. The zero-order valence-corrected chi connectivity index (χ0v) is 25.0. The molecule has 0 aliphatic heterocycles. The largest absolute Gasteiger partial charge is 0.490 e. The number of allylic oxidation sites excluding steroid dienone is 4. The van der Waals surface area contributed by atoms with Gasteiger partial charge < -0.3 is 23.7 Å². The average Bonchev–Trinajstić information content (AvgIpc) is 2.99. The molecule has 0 unspecified atom stereocenters. The lowest BCUT2D eigenvalue weighted by Gasteiger charge is -2.11. The average molecular weight is 587 g/mol. The summed E-state index contributed by atoms with van der Waals surface area (Å²) >= 11 is 0. The van der Waals surface area contributed by atoms with Crippen molar-refractivity contribution in [3.05, 3.63) is 121 Å². The van der Waals surface area contributed by atoms with E-state index in [1.807, 2.05) is 42.5 Å². The first-order chi connectivity index (χ1) is 20.5. The lowest BCUT2D eigenvalue weighted by Crippen LogP contribution is -2.12. The first kappa shape index (κ1) is 34.1. The first-order valence-corrected chi connectivity index (χ1v) is 13.5. The van der Waals surface area contributed by atoms with E-state index in [1.165, 1.54) is 0 Å². The van der Waals surface area contributed by atoms with Crippen LogP contribution in [0.5, 0.6) is 11.5 Å². The monoisotopic (exact) mass is 586 g/mol. The summed E-state index contributed by atoms with van der Waals surface area (Å²) in [6.07, 6.45) is 5.45. The van der Waals surface area contributed by atoms with E-state index in [0.29, 0.717) is 28.2 Å². The molecule has 2 aromatic rings. The second kappa shape index (κ2) is 17.6. The van der Waals surface area contributed by atoms with Crippen LogP contribution < -0.4 is 9.47 Å². The van der Waals surface area contributed by atoms with Crippen molar-refractivity contribution in [2.45, 2.75) is 20.8 Å². The number of hydrogen-bond acceptors (Lipinski definition) is 8. The minimum Gasteiger partial charge on any atom is -0.490 e. The zero-order chi connectivity index (χ0) is 31.8. The number of hydrogen-bond donors (Lipinski definition) is 0. The van der Waals surface area contributed by atoms with Gasteiger partial charge in [0.2, 0.25) is 0 Å². The van der Waals surface area contributed by atoms with Gasteiger partial charge in [-0.25, -0.2) is 14.4 Å². The Morgan fingerprint density at radius 2 is 1.00 bits per heavy atom. The Labute approximate surface area is 253 Å². The third-order valence-corrected chi connectivity index (χ3v) is 5.64. The second-order valence-electron chi connectivity index (χ2n) is 9.42. The van der Waals surface area contributed by atoms with Crippen LogP contribution >= 0.6 is 0 Å². The molecule has 0 aliphatic rings. The fourth-order valence-electron chi connectivity index (χ4n) is 3.34. The molecule has 0 saturated carbocycles. The van der Waals surface area contributed by atoms with Gasteiger partial charge in [0.1, 0.15) is 44.5 Å². The molecule has 226 valence electrons. The van der Waals surface area contributed by atoms with Crippen LogP contribution in [0.1, 0.15) is 31.9 Å². The Kier molecular flexibility index (Phi) is 14.0. The van der Waals surface area contributed by atoms with Crippen LogP contribution in [0.25, 0.3) is 11.1 Å². The number of ether oxygens (including phenoxy) is 5. The number of esters is 3. The lowest BCUT2D eigenvalue weighted by molar-refractivity contribution is -0.140. The quantitative estimate of drug-likeness (QED) is 0.0686. The molecule has 2 aromatic carbocycles. The number of carbonyl (C=O) groups excluding carboxylic acids is 3. The molecule has 0 heterocycles. The maximum Gasteiger partial charge on any atom is 0.333 e. The Hall–Kier alpha value is -5.11. The van der Waals surface area contributed by atoms with Gasteiger partial charge in [-0.3, -0.25) is 0 Å². The van der Waals surface area contributed by atoms with Crippen LogP contribution in [0.3, 0.4) is 0 Å². The lowest BCUT2D eigenvalue weighted by atomic mass is 9.98. The Morgan fingerprint density at radius 3 is 1.40 bits per heavy atom. The summed E-state index contributed by atoms with van der Waals surface area (Å²) in [6, 6.07) is 14.7. The molecule has 0 spiro atoms. The highest BCUT2D eigenvalue weighted by molar-refractivity contribution is 5.89. The molecule has 43 heavy (non-hydrogen) atoms. The Morgan fingerprint density at radius 1 is 0.605 bits per heavy atom. The minimum atomic E-state index is -0.482. The molecule has 0 fully saturated rings. The van der Waals surface area contributed by atoms with Crippen molar-refractivity contribution in [2.75, 3.05) is 33.0 Å². The normalized spacial score (nSPS) is 11.1. The Balaban J connectivity index is 2.17. The van der Waals surface area contributed by atoms with Gasteiger partial charge in [-0.1, -0.05) is 56.7 Å². The van der Waals surface area contributed by atoms with E-state index in [9.17, 15) is 14.4 Å². The molecule has 0 aliphatic carbocycles. The fourth-order valence-corrected chi connectivity index (χ4v) is 3.34. The first-order valence-electron chi connectivity index (χ1n) is 13.5. The summed E-state index contributed by atoms with van der Waals surface area (Å²) in [4.78, 5) is 34.9. The molecule has 0 radical (unpaired) electrons. The molecule has 8 heteroatoms. The second-order valence-corrected chi connectivity index (χ2v) is 9.42. The van der Waals surface area contributed by atoms with Crippen LogP contribution in [0.4, 0.5) is 0 Å². The van der Waals surface area contributed by atoms with Gasteiger partial charge in [0.25, 0.3) is 0 Å². The third kappa shape index (κ3) is 12.1. The summed E-state index contributed by atoms with van der Waals surface area (Å²) < 4.78 is 26.7. The highest BCUT2D eigenvalue weighted by Gasteiger charge is 2.08. The van der Waals surface area contributed by atoms with E-state index in [1.54, 1.807) is 45.1 Å². The molecule has 0 aromatic heterocycles. The van der Waals surface area contributed by atoms with Gasteiger partial charge in [-0.15, -0.1) is 0 Å². The standard InChI is InChI=1S/C35H38O8/c1-8-27(28-9-13-31(14-10-28)39-19-21-42-34(37)25(4)5)23-30(17-18-41-33(36)24(2)3)29-11-15-32(16-12-29)40-20-22-43-35(38)26(6)7/h8-17,23H,1-2,4,6,18-22H2,3,5,7H3/b27-23+,30-17+. The van der Waals surface area contributed by atoms with E-state index in [4.69, 9.17) is 23.7 Å². The summed E-state index contributed by atoms with van der Waals surface area (Å²) in [5.41, 5.74) is 4.29. The van der Waals surface area contributed by atoms with E-state index >= 15 is 0 Å². The summed E-state index contributed by atoms with van der Waals surface area (Å²) in [5, 5.41) is 0. The van der Waals surface area contributed by atoms with Crippen LogP contribution in [-0.2, 0) is 28.6 Å². The van der Waals surface area contributed by atoms with Crippen molar-refractivity contribution in [3.63, 3.8) is 0 Å². The van der Waals surface area contributed by atoms with E-state index in [0.717, 1.165) is 22.3 Å². The molecular formula is C35H38O8. The molecule has 0 N–H and O–H groups in total. The number of carbonyl (C=O) groups is 3. The maximum absolute atomic E-state index is 11.9. The number of rotatable bonds is 17. The third-order valence-electron chi connectivity index (χ3n) is 5.64. The van der Waals surface area contributed by atoms with Crippen molar-refractivity contribution in [1.82, 2.24) is 0 Å². The van der Waals surface area contributed by atoms with E-state index in [-0.39, 0.29) is 33.0 Å². The summed E-state index contributed by atoms with van der Waals surface area (Å²) in [7, 11) is 0. The summed E-state index contributed by atoms with van der Waals surface area (Å²) in [6.45, 7) is 20.1.